The van der Waals surface area contributed by atoms with E-state index in [9.17, 15) is 13.2 Å². The summed E-state index contributed by atoms with van der Waals surface area (Å²) in [6, 6.07) is 30.7. The molecule has 5 aromatic rings. The van der Waals surface area contributed by atoms with Gasteiger partial charge in [-0.15, -0.1) is 15.2 Å². The molecule has 9 nitrogen and oxygen atoms in total. The van der Waals surface area contributed by atoms with Crippen LogP contribution >= 0.6 is 0 Å². The number of amidine groups is 1. The van der Waals surface area contributed by atoms with E-state index in [2.05, 4.69) is 35.7 Å². The second-order valence-electron chi connectivity index (χ2n) is 8.21. The number of nitrogens with one attached hydrogen (secondary N) is 1. The zero-order chi connectivity index (χ0) is 28.5. The molecule has 0 spiro atoms. The Labute approximate surface area is 232 Å². The number of azo groups is 1. The summed E-state index contributed by atoms with van der Waals surface area (Å²) in [4.78, 5) is 12.7. The lowest BCUT2D eigenvalue weighted by molar-refractivity contribution is -0.137. The second-order valence-corrected chi connectivity index (χ2v) is 8.21. The van der Waals surface area contributed by atoms with Crippen LogP contribution in [0.25, 0.3) is 0 Å². The van der Waals surface area contributed by atoms with Crippen molar-refractivity contribution in [2.45, 2.75) is 6.18 Å². The smallest absolute Gasteiger partial charge is 0.416 e. The van der Waals surface area contributed by atoms with E-state index in [-0.39, 0.29) is 29.4 Å². The first-order valence-electron chi connectivity index (χ1n) is 12.1. The first-order valence-corrected chi connectivity index (χ1v) is 12.1. The number of hydrogen-bond donors (Lipinski definition) is 1. The van der Waals surface area contributed by atoms with Crippen molar-refractivity contribution in [3.8, 4) is 23.5 Å². The van der Waals surface area contributed by atoms with Gasteiger partial charge in [0.25, 0.3) is 5.95 Å². The number of alkyl halides is 3. The molecule has 1 N–H and O–H groups in total. The summed E-state index contributed by atoms with van der Waals surface area (Å²) in [7, 11) is 0. The zero-order valence-electron chi connectivity index (χ0n) is 21.1. The number of hydrogen-bond acceptors (Lipinski definition) is 8. The van der Waals surface area contributed by atoms with Crippen LogP contribution in [0.3, 0.4) is 0 Å². The molecular formula is C29H20F3N7O2. The van der Waals surface area contributed by atoms with E-state index in [0.29, 0.717) is 17.2 Å². The lowest BCUT2D eigenvalue weighted by atomic mass is 10.1. The van der Waals surface area contributed by atoms with Gasteiger partial charge >= 0.3 is 18.2 Å². The van der Waals surface area contributed by atoms with Crippen molar-refractivity contribution in [2.24, 2.45) is 15.3 Å². The summed E-state index contributed by atoms with van der Waals surface area (Å²) >= 11 is 0. The topological polar surface area (TPSA) is 106 Å². The molecule has 0 unspecified atom stereocenters. The number of aromatic nitrogens is 3. The molecule has 5 rings (SSSR count). The number of rotatable bonds is 8. The highest BCUT2D eigenvalue weighted by Crippen LogP contribution is 2.29. The van der Waals surface area contributed by atoms with Gasteiger partial charge < -0.3 is 9.47 Å². The molecule has 0 amide bonds. The molecule has 204 valence electrons. The number of halogens is 3. The number of para-hydroxylation sites is 2. The van der Waals surface area contributed by atoms with Gasteiger partial charge in [-0.05, 0) is 48.5 Å². The second kappa shape index (κ2) is 12.5. The molecule has 0 saturated carbocycles. The van der Waals surface area contributed by atoms with Crippen LogP contribution in [-0.2, 0) is 6.18 Å². The molecule has 1 aromatic heterocycles. The average molecular weight is 556 g/mol. The lowest BCUT2D eigenvalue weighted by Crippen LogP contribution is -2.08. The summed E-state index contributed by atoms with van der Waals surface area (Å²) in [5.41, 5.74) is 2.64. The Morgan fingerprint density at radius 1 is 0.634 bits per heavy atom. The predicted molar refractivity (Wildman–Crippen MR) is 145 cm³/mol. The number of ether oxygens (including phenoxy) is 2. The molecule has 0 saturated heterocycles. The minimum absolute atomic E-state index is 0.0287. The van der Waals surface area contributed by atoms with E-state index in [0.717, 1.165) is 12.1 Å². The van der Waals surface area contributed by atoms with Crippen LogP contribution in [-0.4, -0.2) is 20.8 Å². The van der Waals surface area contributed by atoms with Gasteiger partial charge in [-0.3, -0.25) is 0 Å². The van der Waals surface area contributed by atoms with Gasteiger partial charge in [-0.25, -0.2) is 5.43 Å². The Hall–Kier alpha value is -5.65. The van der Waals surface area contributed by atoms with Gasteiger partial charge in [-0.1, -0.05) is 66.7 Å². The average Bonchev–Trinajstić information content (AvgIpc) is 2.98. The van der Waals surface area contributed by atoms with E-state index < -0.39 is 11.7 Å². The summed E-state index contributed by atoms with van der Waals surface area (Å²) in [6.45, 7) is 0. The summed E-state index contributed by atoms with van der Waals surface area (Å²) in [5.74, 6) is 0.845. The third-order valence-electron chi connectivity index (χ3n) is 5.25. The van der Waals surface area contributed by atoms with Crippen molar-refractivity contribution in [2.75, 3.05) is 5.43 Å². The molecule has 0 atom stereocenters. The van der Waals surface area contributed by atoms with Crippen LogP contribution in [0, 0.1) is 0 Å². The van der Waals surface area contributed by atoms with Gasteiger partial charge in [0.1, 0.15) is 11.5 Å². The van der Waals surface area contributed by atoms with Crippen molar-refractivity contribution in [1.29, 1.82) is 0 Å². The molecule has 1 heterocycles. The number of anilines is 1. The first kappa shape index (κ1) is 26.9. The predicted octanol–water partition coefficient (Wildman–Crippen LogP) is 8.03. The van der Waals surface area contributed by atoms with Gasteiger partial charge in [-0.2, -0.15) is 28.2 Å². The maximum atomic E-state index is 13.1. The van der Waals surface area contributed by atoms with E-state index in [1.165, 1.54) is 12.1 Å². The van der Waals surface area contributed by atoms with Crippen LogP contribution < -0.4 is 14.9 Å². The van der Waals surface area contributed by atoms with Crippen LogP contribution in [0.2, 0.25) is 0 Å². The molecule has 12 heteroatoms. The van der Waals surface area contributed by atoms with Crippen molar-refractivity contribution >= 4 is 17.5 Å². The van der Waals surface area contributed by atoms with Gasteiger partial charge in [0.2, 0.25) is 5.84 Å². The summed E-state index contributed by atoms with van der Waals surface area (Å²) < 4.78 is 50.9. The Bertz CT molecular complexity index is 1570. The van der Waals surface area contributed by atoms with Crippen molar-refractivity contribution < 1.29 is 22.6 Å². The van der Waals surface area contributed by atoms with Gasteiger partial charge in [0.15, 0.2) is 0 Å². The highest BCUT2D eigenvalue weighted by molar-refractivity contribution is 5.99. The summed E-state index contributed by atoms with van der Waals surface area (Å²) in [6.07, 6.45) is -4.49. The van der Waals surface area contributed by atoms with Crippen molar-refractivity contribution in [3.63, 3.8) is 0 Å². The maximum Gasteiger partial charge on any atom is 0.416 e. The third-order valence-corrected chi connectivity index (χ3v) is 5.25. The zero-order valence-corrected chi connectivity index (χ0v) is 21.1. The molecule has 0 aliphatic rings. The molecule has 0 bridgehead atoms. The van der Waals surface area contributed by atoms with Crippen LogP contribution in [0.1, 0.15) is 11.1 Å². The van der Waals surface area contributed by atoms with Gasteiger partial charge in [0.05, 0.1) is 11.3 Å². The van der Waals surface area contributed by atoms with E-state index in [1.807, 2.05) is 18.2 Å². The largest absolute Gasteiger partial charge is 0.424 e. The SMILES string of the molecule is FC(F)(F)c1ccc(/C(N=Nc2ccccc2)=N/Nc2nc(Oc3ccccc3)nc(Oc3ccccc3)n2)cc1. The molecule has 0 aliphatic carbocycles. The molecule has 0 radical (unpaired) electrons. The quantitative estimate of drug-likeness (QED) is 0.0899. The van der Waals surface area contributed by atoms with Crippen molar-refractivity contribution in [3.05, 3.63) is 126 Å². The van der Waals surface area contributed by atoms with Crippen LogP contribution in [0.5, 0.6) is 23.5 Å². The maximum absolute atomic E-state index is 13.1. The standard InChI is InChI=1S/C29H20F3N7O2/c30-29(31,32)21-18-16-20(17-19-21)25(37-36-22-10-4-1-5-11-22)38-39-26-33-27(40-23-12-6-2-7-13-23)35-28(34-26)41-24-14-8-3-9-15-24/h1-19H,(H,33,34,35,39)/b37-36?,38-25-. The molecule has 0 aliphatic heterocycles. The third kappa shape index (κ3) is 7.69. The fourth-order valence-electron chi connectivity index (χ4n) is 3.32. The number of benzene rings is 4. The fourth-order valence-corrected chi connectivity index (χ4v) is 3.32. The minimum atomic E-state index is -4.49. The van der Waals surface area contributed by atoms with Crippen molar-refractivity contribution in [1.82, 2.24) is 15.0 Å². The Balaban J connectivity index is 1.48. The van der Waals surface area contributed by atoms with Crippen LogP contribution in [0.4, 0.5) is 24.8 Å². The Kier molecular flexibility index (Phi) is 8.19. The van der Waals surface area contributed by atoms with E-state index in [1.54, 1.807) is 72.8 Å². The molecule has 4 aromatic carbocycles. The fraction of sp³-hybridized carbons (Fsp3) is 0.0345. The molecule has 0 fully saturated rings. The highest BCUT2D eigenvalue weighted by Gasteiger charge is 2.30. The monoisotopic (exact) mass is 555 g/mol. The summed E-state index contributed by atoms with van der Waals surface area (Å²) in [5, 5.41) is 12.5. The van der Waals surface area contributed by atoms with Crippen LogP contribution in [0.15, 0.2) is 131 Å². The Morgan fingerprint density at radius 2 is 1.15 bits per heavy atom. The highest BCUT2D eigenvalue weighted by atomic mass is 19.4. The number of nitrogens with zero attached hydrogens (tertiary/aromatic N) is 6. The first-order chi connectivity index (χ1) is 19.9. The lowest BCUT2D eigenvalue weighted by Gasteiger charge is -2.09. The normalized spacial score (nSPS) is 11.8. The molecular weight excluding hydrogens is 535 g/mol. The number of hydrazone groups is 1. The molecule has 41 heavy (non-hydrogen) atoms. The van der Waals surface area contributed by atoms with E-state index >= 15 is 0 Å². The minimum Gasteiger partial charge on any atom is -0.424 e. The van der Waals surface area contributed by atoms with Gasteiger partial charge in [0, 0.05) is 5.56 Å². The Morgan fingerprint density at radius 3 is 1.66 bits per heavy atom. The van der Waals surface area contributed by atoms with E-state index in [4.69, 9.17) is 9.47 Å².